The summed E-state index contributed by atoms with van der Waals surface area (Å²) in [6, 6.07) is 24.3. The third-order valence-electron chi connectivity index (χ3n) is 4.93. The maximum Gasteiger partial charge on any atom is 0.222 e. The molecule has 0 spiro atoms. The second kappa shape index (κ2) is 18.3. The Morgan fingerprint density at radius 2 is 1.15 bits per heavy atom. The Morgan fingerprint density at radius 1 is 0.707 bits per heavy atom. The van der Waals surface area contributed by atoms with Crippen molar-refractivity contribution in [2.24, 2.45) is 5.92 Å². The molecule has 10 heteroatoms. The molecule has 0 atom stereocenters. The highest BCUT2D eigenvalue weighted by Gasteiger charge is 2.11. The predicted octanol–water partition coefficient (Wildman–Crippen LogP) is 2.27. The summed E-state index contributed by atoms with van der Waals surface area (Å²) in [5, 5.41) is 70.1. The van der Waals surface area contributed by atoms with Gasteiger partial charge in [0.15, 0.2) is 6.61 Å². The molecule has 10 nitrogen and oxygen atoms in total. The first-order chi connectivity index (χ1) is 20.0. The second-order valence-electron chi connectivity index (χ2n) is 7.36. The SMILES string of the molecule is CCO[n+]1ccccc1.N#CC(=C=[N-])C1C=CC(=C(C#N)C#N)C=C1.N#CC(C#N)=c1ccc(=C(C#N)C#N)cc1. The van der Waals surface area contributed by atoms with E-state index in [1.165, 1.54) is 24.3 Å². The first kappa shape index (κ1) is 32.0. The molecule has 2 aromatic rings. The Balaban J connectivity index is 0.000000320. The van der Waals surface area contributed by atoms with Crippen LogP contribution in [0.3, 0.4) is 0 Å². The van der Waals surface area contributed by atoms with Gasteiger partial charge in [-0.2, -0.15) is 36.8 Å². The van der Waals surface area contributed by atoms with Crippen LogP contribution in [0.2, 0.25) is 0 Å². The fraction of sp³-hybridized carbons (Fsp3) is 0.0968. The zero-order valence-corrected chi connectivity index (χ0v) is 21.7. The zero-order valence-electron chi connectivity index (χ0n) is 21.7. The van der Waals surface area contributed by atoms with Gasteiger partial charge in [-0.05, 0) is 6.92 Å². The molecule has 41 heavy (non-hydrogen) atoms. The fourth-order valence-corrected chi connectivity index (χ4v) is 2.95. The van der Waals surface area contributed by atoms with E-state index in [1.54, 1.807) is 77.4 Å². The largest absolute Gasteiger partial charge is 0.762 e. The van der Waals surface area contributed by atoms with Gasteiger partial charge in [0.25, 0.3) is 0 Å². The first-order valence-corrected chi connectivity index (χ1v) is 11.6. The molecule has 0 unspecified atom stereocenters. The second-order valence-corrected chi connectivity index (χ2v) is 7.36. The van der Waals surface area contributed by atoms with Gasteiger partial charge in [0.1, 0.15) is 59.2 Å². The molecule has 3 rings (SSSR count). The minimum Gasteiger partial charge on any atom is -0.762 e. The number of hydrogen-bond acceptors (Lipinski definition) is 8. The third kappa shape index (κ3) is 10.1. The maximum absolute atomic E-state index is 8.65. The van der Waals surface area contributed by atoms with E-state index in [9.17, 15) is 0 Å². The molecule has 1 aliphatic rings. The number of nitriles is 7. The van der Waals surface area contributed by atoms with Crippen LogP contribution in [0.1, 0.15) is 6.92 Å². The lowest BCUT2D eigenvalue weighted by Crippen LogP contribution is -2.41. The summed E-state index contributed by atoms with van der Waals surface area (Å²) in [5.41, 5.74) is 0.601. The highest BCUT2D eigenvalue weighted by atomic mass is 16.7. The standard InChI is InChI=1S/C12H5N4.C12H4N4.C7H10NO/c2*13-5-11(6-14)9-1-2-10(4-3-9)12(7-15)8-16;1-2-9-8-6-4-3-5-7-8/h1-4,9H;1-4H;3-7H,2H2,1H3/q-1;;+1. The van der Waals surface area contributed by atoms with Crippen LogP contribution in [0, 0.1) is 85.2 Å². The summed E-state index contributed by atoms with van der Waals surface area (Å²) in [5.74, 6) is 1.44. The molecule has 0 amide bonds. The molecule has 1 heterocycles. The average Bonchev–Trinajstić information content (AvgIpc) is 3.02. The lowest BCUT2D eigenvalue weighted by Gasteiger charge is -2.10. The quantitative estimate of drug-likeness (QED) is 0.324. The molecule has 0 aliphatic heterocycles. The summed E-state index contributed by atoms with van der Waals surface area (Å²) >= 11 is 0. The molecule has 0 N–H and O–H groups in total. The molecule has 1 aromatic heterocycles. The Morgan fingerprint density at radius 3 is 1.49 bits per heavy atom. The van der Waals surface area contributed by atoms with Gasteiger partial charge in [0, 0.05) is 38.8 Å². The van der Waals surface area contributed by atoms with Gasteiger partial charge in [0.2, 0.25) is 12.4 Å². The lowest BCUT2D eigenvalue weighted by atomic mass is 9.93. The van der Waals surface area contributed by atoms with E-state index in [-0.39, 0.29) is 28.2 Å². The average molecular weight is 534 g/mol. The van der Waals surface area contributed by atoms with Crippen LogP contribution in [0.5, 0.6) is 0 Å². The molecule has 0 fully saturated rings. The van der Waals surface area contributed by atoms with Gasteiger partial charge in [-0.1, -0.05) is 54.6 Å². The van der Waals surface area contributed by atoms with Crippen LogP contribution >= 0.6 is 0 Å². The number of benzene rings is 1. The van der Waals surface area contributed by atoms with E-state index in [2.05, 4.69) is 0 Å². The van der Waals surface area contributed by atoms with Crippen LogP contribution in [0.25, 0.3) is 16.6 Å². The first-order valence-electron chi connectivity index (χ1n) is 11.6. The van der Waals surface area contributed by atoms with Crippen molar-refractivity contribution < 1.29 is 9.57 Å². The summed E-state index contributed by atoms with van der Waals surface area (Å²) < 4.78 is 1.68. The molecule has 1 aliphatic carbocycles. The van der Waals surface area contributed by atoms with Crippen LogP contribution in [0.4, 0.5) is 0 Å². The summed E-state index contributed by atoms with van der Waals surface area (Å²) in [6.07, 6.45) is 10.1. The molecule has 194 valence electrons. The number of hydrogen-bond donors (Lipinski definition) is 0. The van der Waals surface area contributed by atoms with E-state index < -0.39 is 0 Å². The molecule has 1 aromatic carbocycles. The van der Waals surface area contributed by atoms with Gasteiger partial charge >= 0.3 is 0 Å². The van der Waals surface area contributed by atoms with E-state index in [0.29, 0.717) is 22.6 Å². The molecule has 0 bridgehead atoms. The lowest BCUT2D eigenvalue weighted by molar-refractivity contribution is -0.890. The summed E-state index contributed by atoms with van der Waals surface area (Å²) in [6.45, 7) is 2.66. The van der Waals surface area contributed by atoms with Gasteiger partial charge in [0.05, 0.1) is 5.57 Å². The van der Waals surface area contributed by atoms with Gasteiger partial charge in [-0.3, -0.25) is 10.7 Å². The fourth-order valence-electron chi connectivity index (χ4n) is 2.95. The number of pyridine rings is 1. The van der Waals surface area contributed by atoms with Crippen LogP contribution in [0.15, 0.2) is 95.9 Å². The Hall–Kier alpha value is -6.99. The van der Waals surface area contributed by atoms with Crippen molar-refractivity contribution in [3.8, 4) is 42.5 Å². The zero-order chi connectivity index (χ0) is 30.5. The molecule has 0 saturated heterocycles. The van der Waals surface area contributed by atoms with E-state index in [0.717, 1.165) is 0 Å². The number of allylic oxidation sites excluding steroid dienone is 7. The molecule has 0 radical (unpaired) electrons. The smallest absolute Gasteiger partial charge is 0.222 e. The van der Waals surface area contributed by atoms with Crippen molar-refractivity contribution in [1.29, 1.82) is 36.8 Å². The topological polar surface area (TPSA) is 202 Å². The summed E-state index contributed by atoms with van der Waals surface area (Å²) in [7, 11) is 0. The number of nitrogens with zero attached hydrogens (tertiary/aromatic N) is 9. The van der Waals surface area contributed by atoms with Crippen molar-refractivity contribution in [2.75, 3.05) is 6.61 Å². The minimum atomic E-state index is -0.364. The highest BCUT2D eigenvalue weighted by Crippen LogP contribution is 2.20. The van der Waals surface area contributed by atoms with Crippen molar-refractivity contribution in [3.05, 3.63) is 112 Å². The van der Waals surface area contributed by atoms with Crippen LogP contribution in [-0.4, -0.2) is 12.5 Å². The third-order valence-corrected chi connectivity index (χ3v) is 4.93. The van der Waals surface area contributed by atoms with Crippen molar-refractivity contribution in [1.82, 2.24) is 0 Å². The maximum atomic E-state index is 8.65. The molecular formula is C31H19N9O. The van der Waals surface area contributed by atoms with Crippen molar-refractivity contribution >= 4 is 17.0 Å². The van der Waals surface area contributed by atoms with E-state index in [1.807, 2.05) is 37.5 Å². The minimum absolute atomic E-state index is 0.00187. The normalized spacial score (nSPS) is 11.5. The van der Waals surface area contributed by atoms with Crippen LogP contribution < -0.4 is 20.0 Å². The predicted molar refractivity (Wildman–Crippen MR) is 146 cm³/mol. The van der Waals surface area contributed by atoms with Crippen molar-refractivity contribution in [2.45, 2.75) is 6.92 Å². The van der Waals surface area contributed by atoms with Gasteiger partial charge < -0.3 is 5.41 Å². The van der Waals surface area contributed by atoms with Gasteiger partial charge in [-0.25, -0.2) is 0 Å². The molecule has 0 saturated carbocycles. The van der Waals surface area contributed by atoms with Crippen LogP contribution in [-0.2, 0) is 0 Å². The van der Waals surface area contributed by atoms with E-state index >= 15 is 0 Å². The number of rotatable bonds is 3. The monoisotopic (exact) mass is 533 g/mol. The highest BCUT2D eigenvalue weighted by molar-refractivity contribution is 5.74. The molecular weight excluding hydrogens is 514 g/mol. The number of aromatic nitrogens is 1. The van der Waals surface area contributed by atoms with Crippen molar-refractivity contribution in [3.63, 3.8) is 0 Å². The van der Waals surface area contributed by atoms with E-state index in [4.69, 9.17) is 47.1 Å². The van der Waals surface area contributed by atoms with Gasteiger partial charge in [-0.15, -0.1) is 0 Å². The Labute approximate surface area is 237 Å². The summed E-state index contributed by atoms with van der Waals surface area (Å²) in [4.78, 5) is 5.12. The Bertz CT molecular complexity index is 1680. The Kier molecular flexibility index (Phi) is 14.3.